The van der Waals surface area contributed by atoms with Crippen LogP contribution in [-0.2, 0) is 16.0 Å². The van der Waals surface area contributed by atoms with E-state index in [9.17, 15) is 0 Å². The standard InChI is InChI=1S/C11H21N3O3/c1-4-14-11(10(12)9(2)13-14)17-8-7-16-6-5-15-3/h4-8,12H2,1-3H3. The summed E-state index contributed by atoms with van der Waals surface area (Å²) < 4.78 is 17.5. The van der Waals surface area contributed by atoms with Crippen LogP contribution in [0.5, 0.6) is 5.88 Å². The molecule has 17 heavy (non-hydrogen) atoms. The molecule has 0 aliphatic heterocycles. The molecule has 98 valence electrons. The third-order valence-corrected chi connectivity index (χ3v) is 2.32. The van der Waals surface area contributed by atoms with Gasteiger partial charge >= 0.3 is 0 Å². The Morgan fingerprint density at radius 1 is 1.24 bits per heavy atom. The van der Waals surface area contributed by atoms with Crippen molar-refractivity contribution in [1.82, 2.24) is 9.78 Å². The van der Waals surface area contributed by atoms with Gasteiger partial charge in [-0.2, -0.15) is 5.10 Å². The van der Waals surface area contributed by atoms with Gasteiger partial charge in [0, 0.05) is 13.7 Å². The number of nitrogen functional groups attached to an aromatic ring is 1. The van der Waals surface area contributed by atoms with Crippen molar-refractivity contribution < 1.29 is 14.2 Å². The molecule has 1 heterocycles. The molecule has 0 spiro atoms. The predicted octanol–water partition coefficient (Wildman–Crippen LogP) is 0.835. The average Bonchev–Trinajstić information content (AvgIpc) is 2.60. The van der Waals surface area contributed by atoms with Crippen molar-refractivity contribution in [3.05, 3.63) is 5.69 Å². The van der Waals surface area contributed by atoms with Gasteiger partial charge < -0.3 is 19.9 Å². The largest absolute Gasteiger partial charge is 0.474 e. The van der Waals surface area contributed by atoms with E-state index in [4.69, 9.17) is 19.9 Å². The second-order valence-electron chi connectivity index (χ2n) is 3.57. The molecule has 0 aliphatic carbocycles. The Kier molecular flexibility index (Phi) is 5.79. The van der Waals surface area contributed by atoms with Crippen LogP contribution in [-0.4, -0.2) is 43.3 Å². The van der Waals surface area contributed by atoms with Crippen LogP contribution in [0.25, 0.3) is 0 Å². The van der Waals surface area contributed by atoms with E-state index in [1.54, 1.807) is 11.8 Å². The fourth-order valence-electron chi connectivity index (χ4n) is 1.38. The zero-order chi connectivity index (χ0) is 12.7. The van der Waals surface area contributed by atoms with E-state index in [0.717, 1.165) is 12.2 Å². The van der Waals surface area contributed by atoms with Gasteiger partial charge in [0.1, 0.15) is 12.3 Å². The molecule has 0 unspecified atom stereocenters. The fraction of sp³-hybridized carbons (Fsp3) is 0.727. The van der Waals surface area contributed by atoms with Gasteiger partial charge in [-0.05, 0) is 13.8 Å². The highest BCUT2D eigenvalue weighted by Crippen LogP contribution is 2.24. The number of hydrogen-bond acceptors (Lipinski definition) is 5. The van der Waals surface area contributed by atoms with Crippen LogP contribution in [0, 0.1) is 6.92 Å². The Morgan fingerprint density at radius 2 is 1.94 bits per heavy atom. The first-order valence-electron chi connectivity index (χ1n) is 5.73. The van der Waals surface area contributed by atoms with Crippen LogP contribution < -0.4 is 10.5 Å². The van der Waals surface area contributed by atoms with E-state index in [1.165, 1.54) is 0 Å². The summed E-state index contributed by atoms with van der Waals surface area (Å²) in [6, 6.07) is 0. The van der Waals surface area contributed by atoms with Gasteiger partial charge in [-0.1, -0.05) is 0 Å². The maximum atomic E-state index is 5.87. The Balaban J connectivity index is 2.35. The molecule has 0 atom stereocenters. The third-order valence-electron chi connectivity index (χ3n) is 2.32. The quantitative estimate of drug-likeness (QED) is 0.685. The molecule has 0 amide bonds. The maximum absolute atomic E-state index is 5.87. The Labute approximate surface area is 102 Å². The molecule has 0 fully saturated rings. The van der Waals surface area contributed by atoms with E-state index in [-0.39, 0.29) is 0 Å². The summed E-state index contributed by atoms with van der Waals surface area (Å²) in [5, 5.41) is 4.26. The lowest BCUT2D eigenvalue weighted by Gasteiger charge is -2.08. The number of hydrogen-bond donors (Lipinski definition) is 1. The van der Waals surface area contributed by atoms with Gasteiger partial charge in [-0.3, -0.25) is 0 Å². The van der Waals surface area contributed by atoms with Gasteiger partial charge in [0.15, 0.2) is 0 Å². The Morgan fingerprint density at radius 3 is 2.59 bits per heavy atom. The Hall–Kier alpha value is -1.27. The monoisotopic (exact) mass is 243 g/mol. The van der Waals surface area contributed by atoms with Crippen LogP contribution in [0.1, 0.15) is 12.6 Å². The number of nitrogens with two attached hydrogens (primary N) is 1. The summed E-state index contributed by atoms with van der Waals surface area (Å²) in [5.41, 5.74) is 7.27. The third kappa shape index (κ3) is 3.90. The highest BCUT2D eigenvalue weighted by atomic mass is 16.5. The number of aryl methyl sites for hydroxylation is 2. The summed E-state index contributed by atoms with van der Waals surface area (Å²) in [4.78, 5) is 0. The summed E-state index contributed by atoms with van der Waals surface area (Å²) >= 11 is 0. The lowest BCUT2D eigenvalue weighted by molar-refractivity contribution is 0.0529. The van der Waals surface area contributed by atoms with E-state index in [1.807, 2.05) is 13.8 Å². The molecular formula is C11H21N3O3. The number of methoxy groups -OCH3 is 1. The molecule has 1 aromatic rings. The first-order valence-corrected chi connectivity index (χ1v) is 5.73. The van der Waals surface area contributed by atoms with Crippen LogP contribution in [0.3, 0.4) is 0 Å². The van der Waals surface area contributed by atoms with Crippen LogP contribution in [0.4, 0.5) is 5.69 Å². The molecule has 1 rings (SSSR count). The van der Waals surface area contributed by atoms with Crippen molar-refractivity contribution in [3.8, 4) is 5.88 Å². The van der Waals surface area contributed by atoms with Crippen molar-refractivity contribution in [3.63, 3.8) is 0 Å². The van der Waals surface area contributed by atoms with Crippen molar-refractivity contribution in [2.45, 2.75) is 20.4 Å². The van der Waals surface area contributed by atoms with Crippen molar-refractivity contribution in [2.24, 2.45) is 0 Å². The predicted molar refractivity (Wildman–Crippen MR) is 65.2 cm³/mol. The second-order valence-corrected chi connectivity index (χ2v) is 3.57. The molecule has 0 aliphatic rings. The van der Waals surface area contributed by atoms with Crippen LogP contribution in [0.15, 0.2) is 0 Å². The number of rotatable bonds is 8. The molecule has 0 saturated heterocycles. The SMILES string of the molecule is CCn1nc(C)c(N)c1OCCOCCOC. The molecule has 6 nitrogen and oxygen atoms in total. The van der Waals surface area contributed by atoms with E-state index in [2.05, 4.69) is 5.10 Å². The van der Waals surface area contributed by atoms with Crippen molar-refractivity contribution in [2.75, 3.05) is 39.3 Å². The maximum Gasteiger partial charge on any atom is 0.236 e. The number of ether oxygens (including phenoxy) is 3. The normalized spacial score (nSPS) is 10.8. The van der Waals surface area contributed by atoms with Crippen molar-refractivity contribution >= 4 is 5.69 Å². The van der Waals surface area contributed by atoms with Gasteiger partial charge in [-0.25, -0.2) is 4.68 Å². The number of aromatic nitrogens is 2. The van der Waals surface area contributed by atoms with Gasteiger partial charge in [0.25, 0.3) is 0 Å². The smallest absolute Gasteiger partial charge is 0.236 e. The fourth-order valence-corrected chi connectivity index (χ4v) is 1.38. The average molecular weight is 243 g/mol. The van der Waals surface area contributed by atoms with E-state index >= 15 is 0 Å². The topological polar surface area (TPSA) is 71.5 Å². The molecule has 0 aromatic carbocycles. The summed E-state index contributed by atoms with van der Waals surface area (Å²) in [6.07, 6.45) is 0. The highest BCUT2D eigenvalue weighted by molar-refractivity contribution is 5.52. The first-order chi connectivity index (χ1) is 8.20. The molecule has 1 aromatic heterocycles. The molecule has 6 heteroatoms. The minimum atomic E-state index is 0.457. The molecule has 2 N–H and O–H groups in total. The van der Waals surface area contributed by atoms with Gasteiger partial charge in [0.2, 0.25) is 5.88 Å². The number of anilines is 1. The Bertz CT molecular complexity index is 339. The zero-order valence-electron chi connectivity index (χ0n) is 10.7. The minimum Gasteiger partial charge on any atom is -0.474 e. The lowest BCUT2D eigenvalue weighted by atomic mass is 10.4. The molecule has 0 radical (unpaired) electrons. The molecule has 0 saturated carbocycles. The highest BCUT2D eigenvalue weighted by Gasteiger charge is 2.12. The molecule has 0 bridgehead atoms. The van der Waals surface area contributed by atoms with Crippen LogP contribution in [0.2, 0.25) is 0 Å². The second kappa shape index (κ2) is 7.13. The lowest BCUT2D eigenvalue weighted by Crippen LogP contribution is -2.12. The summed E-state index contributed by atoms with van der Waals surface area (Å²) in [5.74, 6) is 0.625. The van der Waals surface area contributed by atoms with E-state index < -0.39 is 0 Å². The van der Waals surface area contributed by atoms with Gasteiger partial charge in [-0.15, -0.1) is 0 Å². The van der Waals surface area contributed by atoms with E-state index in [0.29, 0.717) is 38.0 Å². The summed E-state index contributed by atoms with van der Waals surface area (Å²) in [7, 11) is 1.64. The first kappa shape index (κ1) is 13.8. The minimum absolute atomic E-state index is 0.457. The number of nitrogens with zero attached hydrogens (tertiary/aromatic N) is 2. The molecular weight excluding hydrogens is 222 g/mol. The summed E-state index contributed by atoms with van der Waals surface area (Å²) in [6.45, 7) is 6.72. The van der Waals surface area contributed by atoms with Crippen molar-refractivity contribution in [1.29, 1.82) is 0 Å². The van der Waals surface area contributed by atoms with Gasteiger partial charge in [0.05, 0.1) is 25.5 Å². The zero-order valence-corrected chi connectivity index (χ0v) is 10.7. The van der Waals surface area contributed by atoms with Crippen LogP contribution >= 0.6 is 0 Å².